The van der Waals surface area contributed by atoms with E-state index in [0.29, 0.717) is 5.88 Å². The molecule has 0 saturated heterocycles. The first-order valence-corrected chi connectivity index (χ1v) is 4.67. The summed E-state index contributed by atoms with van der Waals surface area (Å²) in [6, 6.07) is 0. The molecular weight excluding hydrogens is 176 g/mol. The molecule has 0 aromatic heterocycles. The van der Waals surface area contributed by atoms with Gasteiger partial charge in [-0.25, -0.2) is 0 Å². The summed E-state index contributed by atoms with van der Waals surface area (Å²) < 4.78 is 5.13. The Morgan fingerprint density at radius 2 is 2.14 bits per heavy atom. The van der Waals surface area contributed by atoms with Crippen molar-refractivity contribution in [2.75, 3.05) is 14.2 Å². The molecule has 1 N–H and O–H groups in total. The van der Waals surface area contributed by atoms with Crippen molar-refractivity contribution < 1.29 is 4.74 Å². The topological polar surface area (TPSA) is 24.5 Å². The fourth-order valence-corrected chi connectivity index (χ4v) is 0.706. The summed E-state index contributed by atoms with van der Waals surface area (Å²) in [4.78, 5) is 0. The van der Waals surface area contributed by atoms with E-state index in [1.165, 1.54) is 5.57 Å². The second-order valence-corrected chi connectivity index (χ2v) is 3.01. The number of rotatable bonds is 6. The SMILES string of the molecule is C=CN(C)N/C(=C/C=C(/C)CC)OC. The van der Waals surface area contributed by atoms with Gasteiger partial charge in [0, 0.05) is 13.2 Å². The zero-order valence-corrected chi connectivity index (χ0v) is 9.50. The van der Waals surface area contributed by atoms with Gasteiger partial charge >= 0.3 is 0 Å². The molecule has 0 aliphatic heterocycles. The molecule has 0 bridgehead atoms. The zero-order valence-electron chi connectivity index (χ0n) is 9.50. The van der Waals surface area contributed by atoms with Crippen LogP contribution in [-0.4, -0.2) is 19.2 Å². The van der Waals surface area contributed by atoms with Crippen LogP contribution in [0.4, 0.5) is 0 Å². The number of nitrogens with zero attached hydrogens (tertiary/aromatic N) is 1. The third-order valence-corrected chi connectivity index (χ3v) is 1.86. The summed E-state index contributed by atoms with van der Waals surface area (Å²) in [5, 5.41) is 1.73. The van der Waals surface area contributed by atoms with Crippen molar-refractivity contribution in [3.63, 3.8) is 0 Å². The highest BCUT2D eigenvalue weighted by molar-refractivity contribution is 5.12. The summed E-state index contributed by atoms with van der Waals surface area (Å²) in [6.45, 7) is 7.83. The number of hydrogen-bond donors (Lipinski definition) is 1. The van der Waals surface area contributed by atoms with E-state index < -0.39 is 0 Å². The van der Waals surface area contributed by atoms with E-state index in [1.54, 1.807) is 18.3 Å². The van der Waals surface area contributed by atoms with Crippen molar-refractivity contribution in [3.8, 4) is 0 Å². The highest BCUT2D eigenvalue weighted by atomic mass is 16.5. The van der Waals surface area contributed by atoms with E-state index in [-0.39, 0.29) is 0 Å². The van der Waals surface area contributed by atoms with Crippen LogP contribution in [-0.2, 0) is 4.74 Å². The third-order valence-electron chi connectivity index (χ3n) is 1.86. The van der Waals surface area contributed by atoms with E-state index in [0.717, 1.165) is 6.42 Å². The van der Waals surface area contributed by atoms with Crippen molar-refractivity contribution in [3.05, 3.63) is 36.4 Å². The van der Waals surface area contributed by atoms with Crippen molar-refractivity contribution in [1.29, 1.82) is 0 Å². The molecule has 0 atom stereocenters. The summed E-state index contributed by atoms with van der Waals surface area (Å²) in [6.07, 6.45) is 6.65. The van der Waals surface area contributed by atoms with Gasteiger partial charge in [-0.1, -0.05) is 25.2 Å². The van der Waals surface area contributed by atoms with Crippen LogP contribution in [0, 0.1) is 0 Å². The largest absolute Gasteiger partial charge is 0.481 e. The Morgan fingerprint density at radius 3 is 2.57 bits per heavy atom. The summed E-state index contributed by atoms with van der Waals surface area (Å²) in [5.74, 6) is 0.695. The fraction of sp³-hybridized carbons (Fsp3) is 0.455. The smallest absolute Gasteiger partial charge is 0.205 e. The first kappa shape index (κ1) is 12.6. The van der Waals surface area contributed by atoms with Crippen molar-refractivity contribution >= 4 is 0 Å². The number of hydrogen-bond acceptors (Lipinski definition) is 3. The lowest BCUT2D eigenvalue weighted by molar-refractivity contribution is 0.202. The molecule has 0 fully saturated rings. The van der Waals surface area contributed by atoms with E-state index in [1.807, 2.05) is 19.2 Å². The maximum Gasteiger partial charge on any atom is 0.205 e. The molecule has 0 saturated carbocycles. The van der Waals surface area contributed by atoms with Gasteiger partial charge in [-0.2, -0.15) is 0 Å². The van der Waals surface area contributed by atoms with Gasteiger partial charge in [0.1, 0.15) is 0 Å². The lowest BCUT2D eigenvalue weighted by atomic mass is 10.2. The van der Waals surface area contributed by atoms with Gasteiger partial charge < -0.3 is 4.74 Å². The molecule has 3 nitrogen and oxygen atoms in total. The Morgan fingerprint density at radius 1 is 1.50 bits per heavy atom. The summed E-state index contributed by atoms with van der Waals surface area (Å²) in [7, 11) is 3.49. The molecule has 0 amide bonds. The van der Waals surface area contributed by atoms with Gasteiger partial charge in [0.2, 0.25) is 5.88 Å². The van der Waals surface area contributed by atoms with Gasteiger partial charge in [0.15, 0.2) is 0 Å². The van der Waals surface area contributed by atoms with Crippen LogP contribution in [0.2, 0.25) is 0 Å². The lowest BCUT2D eigenvalue weighted by Gasteiger charge is -2.17. The van der Waals surface area contributed by atoms with Crippen LogP contribution in [0.5, 0.6) is 0 Å². The Balaban J connectivity index is 4.32. The van der Waals surface area contributed by atoms with Crippen molar-refractivity contribution in [2.24, 2.45) is 0 Å². The maximum absolute atomic E-state index is 5.13. The van der Waals surface area contributed by atoms with Gasteiger partial charge in [0.05, 0.1) is 7.11 Å². The second-order valence-electron chi connectivity index (χ2n) is 3.01. The van der Waals surface area contributed by atoms with Gasteiger partial charge in [0.25, 0.3) is 0 Å². The highest BCUT2D eigenvalue weighted by Crippen LogP contribution is 2.00. The molecule has 0 heterocycles. The molecule has 3 heteroatoms. The minimum atomic E-state index is 0.695. The van der Waals surface area contributed by atoms with E-state index in [4.69, 9.17) is 4.74 Å². The summed E-state index contributed by atoms with van der Waals surface area (Å²) in [5.41, 5.74) is 4.31. The zero-order chi connectivity index (χ0) is 11.0. The average Bonchev–Trinajstić information content (AvgIpc) is 2.22. The number of hydrazine groups is 1. The molecule has 0 aliphatic rings. The number of methoxy groups -OCH3 is 1. The molecule has 80 valence electrons. The predicted molar refractivity (Wildman–Crippen MR) is 60.2 cm³/mol. The predicted octanol–water partition coefficient (Wildman–Crippen LogP) is 2.41. The maximum atomic E-state index is 5.13. The number of nitrogens with one attached hydrogen (secondary N) is 1. The van der Waals surface area contributed by atoms with Crippen LogP contribution in [0.3, 0.4) is 0 Å². The van der Waals surface area contributed by atoms with Crippen LogP contribution >= 0.6 is 0 Å². The van der Waals surface area contributed by atoms with Gasteiger partial charge in [-0.15, -0.1) is 0 Å². The molecule has 0 rings (SSSR count). The van der Waals surface area contributed by atoms with Crippen LogP contribution in [0.1, 0.15) is 20.3 Å². The quantitative estimate of drug-likeness (QED) is 0.401. The van der Waals surface area contributed by atoms with Crippen molar-refractivity contribution in [2.45, 2.75) is 20.3 Å². The van der Waals surface area contributed by atoms with Crippen LogP contribution < -0.4 is 5.43 Å². The first-order valence-electron chi connectivity index (χ1n) is 4.67. The Hall–Kier alpha value is -1.38. The number of ether oxygens (including phenoxy) is 1. The Labute approximate surface area is 86.7 Å². The molecule has 14 heavy (non-hydrogen) atoms. The monoisotopic (exact) mass is 196 g/mol. The summed E-state index contributed by atoms with van der Waals surface area (Å²) >= 11 is 0. The van der Waals surface area contributed by atoms with E-state index in [2.05, 4.69) is 25.9 Å². The second kappa shape index (κ2) is 7.06. The normalized spacial score (nSPS) is 12.3. The molecular formula is C11H20N2O. The first-order chi connectivity index (χ1) is 6.63. The van der Waals surface area contributed by atoms with Crippen molar-refractivity contribution in [1.82, 2.24) is 10.4 Å². The number of allylic oxidation sites excluding steroid dienone is 3. The Kier molecular flexibility index (Phi) is 6.37. The molecule has 0 aromatic rings. The third kappa shape index (κ3) is 5.30. The molecule has 0 aliphatic carbocycles. The van der Waals surface area contributed by atoms with E-state index in [9.17, 15) is 0 Å². The highest BCUT2D eigenvalue weighted by Gasteiger charge is 1.94. The van der Waals surface area contributed by atoms with Crippen LogP contribution in [0.15, 0.2) is 36.4 Å². The fourth-order valence-electron chi connectivity index (χ4n) is 0.706. The molecule has 0 unspecified atom stereocenters. The molecule has 0 aromatic carbocycles. The van der Waals surface area contributed by atoms with Gasteiger partial charge in [-0.3, -0.25) is 10.4 Å². The van der Waals surface area contributed by atoms with E-state index >= 15 is 0 Å². The molecule has 0 radical (unpaired) electrons. The minimum Gasteiger partial charge on any atom is -0.481 e. The standard InChI is InChI=1S/C11H20N2O/c1-6-10(3)8-9-11(14-5)12-13(4)7-2/h7-9,12H,2,6H2,1,3-5H3/b10-8-,11-9-. The minimum absolute atomic E-state index is 0.695. The average molecular weight is 196 g/mol. The van der Waals surface area contributed by atoms with Gasteiger partial charge in [-0.05, 0) is 19.4 Å². The van der Waals surface area contributed by atoms with Crippen LogP contribution in [0.25, 0.3) is 0 Å². The Bertz CT molecular complexity index is 231. The molecule has 0 spiro atoms. The lowest BCUT2D eigenvalue weighted by Crippen LogP contribution is -2.29.